The molecule has 2 aromatic heterocycles. The molecule has 0 saturated heterocycles. The highest BCUT2D eigenvalue weighted by Gasteiger charge is 2.15. The molecule has 4 rings (SSSR count). The molecule has 124 valence electrons. The fourth-order valence-corrected chi connectivity index (χ4v) is 3.22. The first-order valence-corrected chi connectivity index (χ1v) is 8.86. The Bertz CT molecular complexity index is 1040. The molecule has 0 radical (unpaired) electrons. The Morgan fingerprint density at radius 3 is 2.40 bits per heavy atom. The van der Waals surface area contributed by atoms with Crippen LogP contribution in [0, 0.1) is 13.8 Å². The van der Waals surface area contributed by atoms with Gasteiger partial charge in [-0.25, -0.2) is 4.98 Å². The summed E-state index contributed by atoms with van der Waals surface area (Å²) in [5.74, 6) is 0.898. The maximum atomic E-state index is 4.74. The highest BCUT2D eigenvalue weighted by molar-refractivity contribution is 9.10. The number of benzene rings is 2. The zero-order valence-corrected chi connectivity index (χ0v) is 15.6. The number of fused-ring (bicyclic) bond motifs is 1. The maximum Gasteiger partial charge on any atom is 0.165 e. The van der Waals surface area contributed by atoms with Crippen LogP contribution in [0.1, 0.15) is 11.4 Å². The number of nitrogens with zero attached hydrogens (tertiary/aromatic N) is 3. The number of hydrogen-bond acceptors (Lipinski definition) is 3. The van der Waals surface area contributed by atoms with Crippen LogP contribution < -0.4 is 5.32 Å². The molecule has 0 atom stereocenters. The van der Waals surface area contributed by atoms with Crippen LogP contribution in [0.25, 0.3) is 16.8 Å². The van der Waals surface area contributed by atoms with Crippen molar-refractivity contribution in [3.8, 4) is 11.1 Å². The van der Waals surface area contributed by atoms with Crippen LogP contribution >= 0.6 is 15.9 Å². The van der Waals surface area contributed by atoms with Gasteiger partial charge in [0.25, 0.3) is 0 Å². The van der Waals surface area contributed by atoms with Gasteiger partial charge in [-0.3, -0.25) is 0 Å². The molecule has 0 unspecified atom stereocenters. The van der Waals surface area contributed by atoms with E-state index in [4.69, 9.17) is 10.1 Å². The minimum absolute atomic E-state index is 0.864. The van der Waals surface area contributed by atoms with Crippen LogP contribution in [-0.2, 0) is 0 Å². The van der Waals surface area contributed by atoms with Gasteiger partial charge in [0.2, 0.25) is 0 Å². The van der Waals surface area contributed by atoms with Gasteiger partial charge < -0.3 is 5.32 Å². The van der Waals surface area contributed by atoms with Crippen molar-refractivity contribution >= 4 is 33.1 Å². The third-order valence-corrected chi connectivity index (χ3v) is 4.60. The molecule has 0 amide bonds. The fraction of sp³-hybridized carbons (Fsp3) is 0.100. The number of rotatable bonds is 3. The Labute approximate surface area is 154 Å². The highest BCUT2D eigenvalue weighted by Crippen LogP contribution is 2.30. The fourth-order valence-electron chi connectivity index (χ4n) is 2.96. The van der Waals surface area contributed by atoms with Gasteiger partial charge in [-0.15, -0.1) is 0 Å². The lowest BCUT2D eigenvalue weighted by atomic mass is 10.1. The number of aromatic nitrogens is 3. The van der Waals surface area contributed by atoms with Gasteiger partial charge >= 0.3 is 0 Å². The van der Waals surface area contributed by atoms with Crippen LogP contribution in [0.4, 0.5) is 11.5 Å². The first-order valence-electron chi connectivity index (χ1n) is 8.07. The molecule has 0 saturated carbocycles. The van der Waals surface area contributed by atoms with Crippen molar-refractivity contribution in [3.05, 3.63) is 76.5 Å². The molecule has 1 N–H and O–H groups in total. The smallest absolute Gasteiger partial charge is 0.165 e. The average Bonchev–Trinajstić information content (AvgIpc) is 2.94. The van der Waals surface area contributed by atoms with E-state index in [1.807, 2.05) is 66.9 Å². The second-order valence-electron chi connectivity index (χ2n) is 5.98. The van der Waals surface area contributed by atoms with Gasteiger partial charge in [-0.1, -0.05) is 46.3 Å². The molecule has 4 nitrogen and oxygen atoms in total. The summed E-state index contributed by atoms with van der Waals surface area (Å²) in [6.07, 6.45) is 0. The summed E-state index contributed by atoms with van der Waals surface area (Å²) in [5, 5.41) is 8.17. The Morgan fingerprint density at radius 2 is 1.68 bits per heavy atom. The van der Waals surface area contributed by atoms with E-state index in [2.05, 4.69) is 33.4 Å². The Morgan fingerprint density at radius 1 is 0.960 bits per heavy atom. The monoisotopic (exact) mass is 392 g/mol. The molecule has 25 heavy (non-hydrogen) atoms. The maximum absolute atomic E-state index is 4.74. The topological polar surface area (TPSA) is 42.2 Å². The summed E-state index contributed by atoms with van der Waals surface area (Å²) in [5.41, 5.74) is 5.98. The Balaban J connectivity index is 1.87. The van der Waals surface area contributed by atoms with Crippen molar-refractivity contribution in [1.29, 1.82) is 0 Å². The molecular weight excluding hydrogens is 376 g/mol. The first kappa shape index (κ1) is 15.8. The lowest BCUT2D eigenvalue weighted by Gasteiger charge is -2.10. The van der Waals surface area contributed by atoms with Crippen LogP contribution in [0.15, 0.2) is 65.1 Å². The molecule has 0 fully saturated rings. The van der Waals surface area contributed by atoms with E-state index in [0.717, 1.165) is 44.1 Å². The second kappa shape index (κ2) is 6.33. The van der Waals surface area contributed by atoms with E-state index < -0.39 is 0 Å². The zero-order chi connectivity index (χ0) is 17.4. The van der Waals surface area contributed by atoms with Gasteiger partial charge in [-0.2, -0.15) is 9.61 Å². The summed E-state index contributed by atoms with van der Waals surface area (Å²) < 4.78 is 2.93. The predicted molar refractivity (Wildman–Crippen MR) is 105 cm³/mol. The molecule has 5 heteroatoms. The SMILES string of the molecule is Cc1cc(Nc2ccc(Br)cc2)n2nc(C)c(-c3ccccc3)c2n1. The van der Waals surface area contributed by atoms with Gasteiger partial charge in [-0.05, 0) is 43.7 Å². The van der Waals surface area contributed by atoms with E-state index >= 15 is 0 Å². The third kappa shape index (κ3) is 3.03. The quantitative estimate of drug-likeness (QED) is 0.499. The van der Waals surface area contributed by atoms with Crippen molar-refractivity contribution < 1.29 is 0 Å². The minimum atomic E-state index is 0.864. The number of anilines is 2. The molecule has 2 aromatic carbocycles. The van der Waals surface area contributed by atoms with E-state index in [-0.39, 0.29) is 0 Å². The highest BCUT2D eigenvalue weighted by atomic mass is 79.9. The summed E-state index contributed by atoms with van der Waals surface area (Å²) >= 11 is 3.47. The van der Waals surface area contributed by atoms with E-state index in [0.29, 0.717) is 0 Å². The molecule has 0 bridgehead atoms. The van der Waals surface area contributed by atoms with E-state index in [9.17, 15) is 0 Å². The lowest BCUT2D eigenvalue weighted by molar-refractivity contribution is 0.917. The van der Waals surface area contributed by atoms with E-state index in [1.54, 1.807) is 0 Å². The third-order valence-electron chi connectivity index (χ3n) is 4.07. The normalized spacial score (nSPS) is 11.0. The summed E-state index contributed by atoms with van der Waals surface area (Å²) in [6, 6.07) is 20.4. The van der Waals surface area contributed by atoms with Gasteiger partial charge in [0.1, 0.15) is 5.82 Å². The van der Waals surface area contributed by atoms with Crippen molar-refractivity contribution in [1.82, 2.24) is 14.6 Å². The zero-order valence-electron chi connectivity index (χ0n) is 14.0. The van der Waals surface area contributed by atoms with Gasteiger partial charge in [0, 0.05) is 27.5 Å². The van der Waals surface area contributed by atoms with Crippen LogP contribution in [0.3, 0.4) is 0 Å². The van der Waals surface area contributed by atoms with Crippen LogP contribution in [-0.4, -0.2) is 14.6 Å². The van der Waals surface area contributed by atoms with Crippen LogP contribution in [0.2, 0.25) is 0 Å². The second-order valence-corrected chi connectivity index (χ2v) is 6.89. The first-order chi connectivity index (χ1) is 12.1. The number of hydrogen-bond donors (Lipinski definition) is 1. The Hall–Kier alpha value is -2.66. The number of halogens is 1. The summed E-state index contributed by atoms with van der Waals surface area (Å²) in [6.45, 7) is 4.03. The number of aryl methyl sites for hydroxylation is 2. The summed E-state index contributed by atoms with van der Waals surface area (Å²) in [4.78, 5) is 4.74. The minimum Gasteiger partial charge on any atom is -0.340 e. The molecular formula is C20H17BrN4. The van der Waals surface area contributed by atoms with E-state index in [1.165, 1.54) is 0 Å². The van der Waals surface area contributed by atoms with Crippen molar-refractivity contribution in [2.24, 2.45) is 0 Å². The summed E-state index contributed by atoms with van der Waals surface area (Å²) in [7, 11) is 0. The van der Waals surface area contributed by atoms with Crippen molar-refractivity contribution in [2.45, 2.75) is 13.8 Å². The van der Waals surface area contributed by atoms with Crippen LogP contribution in [0.5, 0.6) is 0 Å². The molecule has 4 aromatic rings. The lowest BCUT2D eigenvalue weighted by Crippen LogP contribution is -2.02. The van der Waals surface area contributed by atoms with Gasteiger partial charge in [0.15, 0.2) is 5.65 Å². The predicted octanol–water partition coefficient (Wildman–Crippen LogP) is 5.52. The van der Waals surface area contributed by atoms with Gasteiger partial charge in [0.05, 0.1) is 5.69 Å². The molecule has 2 heterocycles. The number of nitrogens with one attached hydrogen (secondary N) is 1. The van der Waals surface area contributed by atoms with Crippen molar-refractivity contribution in [2.75, 3.05) is 5.32 Å². The molecule has 0 aliphatic heterocycles. The standard InChI is InChI=1S/C20H17BrN4/c1-13-12-18(23-17-10-8-16(21)9-11-17)25-20(22-13)19(14(2)24-25)15-6-4-3-5-7-15/h3-12,23H,1-2H3. The Kier molecular flexibility index (Phi) is 4.01. The average molecular weight is 393 g/mol. The molecule has 0 aliphatic carbocycles. The largest absolute Gasteiger partial charge is 0.340 e. The van der Waals surface area contributed by atoms with Crippen molar-refractivity contribution in [3.63, 3.8) is 0 Å². The molecule has 0 aliphatic rings. The molecule has 0 spiro atoms.